The van der Waals surface area contributed by atoms with Crippen LogP contribution in [0, 0.1) is 23.5 Å². The van der Waals surface area contributed by atoms with E-state index in [2.05, 4.69) is 33.4 Å². The number of hydrogen-bond acceptors (Lipinski definition) is 9. The van der Waals surface area contributed by atoms with Crippen molar-refractivity contribution in [2.75, 3.05) is 45.1 Å². The molecular formula is C55H45F2N3O6. The molecule has 1 unspecified atom stereocenters. The third-order valence-electron chi connectivity index (χ3n) is 11.2. The Morgan fingerprint density at radius 1 is 0.773 bits per heavy atom. The summed E-state index contributed by atoms with van der Waals surface area (Å²) in [5, 5.41) is 9.12. The molecule has 1 aliphatic rings. The van der Waals surface area contributed by atoms with Gasteiger partial charge in [-0.05, 0) is 124 Å². The summed E-state index contributed by atoms with van der Waals surface area (Å²) in [4.78, 5) is 16.1. The topological polar surface area (TPSA) is 104 Å². The van der Waals surface area contributed by atoms with Gasteiger partial charge in [0.15, 0.2) is 0 Å². The van der Waals surface area contributed by atoms with Crippen LogP contribution in [-0.2, 0) is 25.4 Å². The van der Waals surface area contributed by atoms with E-state index in [1.807, 2.05) is 128 Å². The van der Waals surface area contributed by atoms with Gasteiger partial charge in [0.05, 0.1) is 50.3 Å². The second-order valence-electron chi connectivity index (χ2n) is 16.1. The van der Waals surface area contributed by atoms with Crippen LogP contribution in [0.2, 0.25) is 0 Å². The van der Waals surface area contributed by atoms with Crippen molar-refractivity contribution in [1.82, 2.24) is 4.98 Å². The quantitative estimate of drug-likeness (QED) is 0.0271. The number of nitrogens with one attached hydrogen (secondary N) is 1. The van der Waals surface area contributed by atoms with Gasteiger partial charge >= 0.3 is 6.16 Å². The molecule has 9 rings (SSSR count). The van der Waals surface area contributed by atoms with E-state index in [0.29, 0.717) is 66.7 Å². The Labute approximate surface area is 381 Å². The summed E-state index contributed by atoms with van der Waals surface area (Å²) in [5.41, 5.74) is 8.59. The molecule has 0 spiro atoms. The molecule has 1 N–H and O–H groups in total. The Balaban J connectivity index is 0.936. The van der Waals surface area contributed by atoms with E-state index in [-0.39, 0.29) is 24.4 Å². The lowest BCUT2D eigenvalue weighted by Crippen LogP contribution is -2.17. The SMILES string of the molecule is CCOC(=O)OCCc1ccc(-c2ccc3cc(C#Cc4c(F)cc(-c5ccc6cc(OCCOCC7(C)CO7)ccc6c5/C=N/Nc5ccc6ccccc6n5)cc4F)ccc3c2)cc1. The van der Waals surface area contributed by atoms with Crippen molar-refractivity contribution < 1.29 is 37.3 Å². The van der Waals surface area contributed by atoms with Gasteiger partial charge in [0, 0.05) is 22.9 Å². The molecule has 1 aromatic heterocycles. The van der Waals surface area contributed by atoms with Gasteiger partial charge in [-0.15, -0.1) is 0 Å². The van der Waals surface area contributed by atoms with E-state index in [1.54, 1.807) is 13.1 Å². The fourth-order valence-corrected chi connectivity index (χ4v) is 7.58. The fraction of sp³-hybridized carbons (Fsp3) is 0.182. The molecule has 9 nitrogen and oxygen atoms in total. The number of benzene rings is 7. The number of epoxide rings is 1. The van der Waals surface area contributed by atoms with Crippen LogP contribution < -0.4 is 10.2 Å². The lowest BCUT2D eigenvalue weighted by molar-refractivity contribution is 0.0599. The summed E-state index contributed by atoms with van der Waals surface area (Å²) in [6.45, 7) is 6.25. The highest BCUT2D eigenvalue weighted by Gasteiger charge is 2.39. The number of hydrazone groups is 1. The number of aromatic nitrogens is 1. The summed E-state index contributed by atoms with van der Waals surface area (Å²) in [6, 6.07) is 43.5. The highest BCUT2D eigenvalue weighted by atomic mass is 19.1. The number of fused-ring (bicyclic) bond motifs is 3. The molecule has 66 heavy (non-hydrogen) atoms. The number of ether oxygens (including phenoxy) is 5. The Kier molecular flexibility index (Phi) is 13.0. The monoisotopic (exact) mass is 881 g/mol. The first-order valence-corrected chi connectivity index (χ1v) is 21.7. The summed E-state index contributed by atoms with van der Waals surface area (Å²) >= 11 is 0. The summed E-state index contributed by atoms with van der Waals surface area (Å²) in [6.07, 6.45) is 1.55. The maximum atomic E-state index is 16.0. The number of para-hydroxylation sites is 1. The van der Waals surface area contributed by atoms with Gasteiger partial charge < -0.3 is 23.7 Å². The van der Waals surface area contributed by atoms with Crippen LogP contribution in [0.3, 0.4) is 0 Å². The largest absolute Gasteiger partial charge is 0.508 e. The molecule has 7 aromatic carbocycles. The number of rotatable bonds is 15. The Morgan fingerprint density at radius 2 is 1.53 bits per heavy atom. The van der Waals surface area contributed by atoms with E-state index < -0.39 is 17.8 Å². The molecule has 330 valence electrons. The zero-order chi connectivity index (χ0) is 45.5. The van der Waals surface area contributed by atoms with Gasteiger partial charge in [-0.25, -0.2) is 18.6 Å². The molecule has 1 saturated heterocycles. The van der Waals surface area contributed by atoms with Crippen molar-refractivity contribution in [3.8, 4) is 39.8 Å². The molecule has 0 saturated carbocycles. The lowest BCUT2D eigenvalue weighted by atomic mass is 9.93. The summed E-state index contributed by atoms with van der Waals surface area (Å²) in [5.74, 6) is 5.36. The minimum absolute atomic E-state index is 0.188. The van der Waals surface area contributed by atoms with Crippen molar-refractivity contribution in [3.63, 3.8) is 0 Å². The van der Waals surface area contributed by atoms with Crippen molar-refractivity contribution >= 4 is 50.6 Å². The number of carbonyl (C=O) groups excluding carboxylic acids is 1. The van der Waals surface area contributed by atoms with Crippen molar-refractivity contribution in [1.29, 1.82) is 0 Å². The predicted molar refractivity (Wildman–Crippen MR) is 255 cm³/mol. The molecule has 1 aliphatic heterocycles. The molecule has 8 aromatic rings. The Bertz CT molecular complexity index is 3150. The maximum absolute atomic E-state index is 16.0. The maximum Gasteiger partial charge on any atom is 0.508 e. The van der Waals surface area contributed by atoms with E-state index in [4.69, 9.17) is 23.7 Å². The summed E-state index contributed by atoms with van der Waals surface area (Å²) in [7, 11) is 0. The predicted octanol–water partition coefficient (Wildman–Crippen LogP) is 11.9. The minimum Gasteiger partial charge on any atom is -0.491 e. The van der Waals surface area contributed by atoms with Crippen LogP contribution in [0.4, 0.5) is 19.4 Å². The van der Waals surface area contributed by atoms with Crippen LogP contribution >= 0.6 is 0 Å². The molecule has 0 aliphatic carbocycles. The second kappa shape index (κ2) is 19.6. The number of anilines is 1. The smallest absolute Gasteiger partial charge is 0.491 e. The number of carbonyl (C=O) groups is 1. The Hall–Kier alpha value is -7.65. The lowest BCUT2D eigenvalue weighted by Gasteiger charge is -2.13. The average Bonchev–Trinajstić information content (AvgIpc) is 4.07. The highest BCUT2D eigenvalue weighted by Crippen LogP contribution is 2.34. The van der Waals surface area contributed by atoms with E-state index in [0.717, 1.165) is 49.1 Å². The number of halogens is 2. The van der Waals surface area contributed by atoms with Gasteiger partial charge in [0.1, 0.15) is 35.4 Å². The normalized spacial score (nSPS) is 14.3. The van der Waals surface area contributed by atoms with Crippen LogP contribution in [0.15, 0.2) is 145 Å². The van der Waals surface area contributed by atoms with Gasteiger partial charge in [0.25, 0.3) is 0 Å². The van der Waals surface area contributed by atoms with E-state index in [1.165, 1.54) is 12.1 Å². The first kappa shape index (κ1) is 43.6. The first-order chi connectivity index (χ1) is 32.2. The second-order valence-corrected chi connectivity index (χ2v) is 16.1. The van der Waals surface area contributed by atoms with Gasteiger partial charge in [-0.3, -0.25) is 5.43 Å². The van der Waals surface area contributed by atoms with E-state index in [9.17, 15) is 4.79 Å². The molecule has 1 fully saturated rings. The fourth-order valence-electron chi connectivity index (χ4n) is 7.58. The molecule has 1 atom stereocenters. The third-order valence-corrected chi connectivity index (χ3v) is 11.2. The van der Waals surface area contributed by atoms with Gasteiger partial charge in [-0.2, -0.15) is 5.10 Å². The molecule has 0 bridgehead atoms. The van der Waals surface area contributed by atoms with Crippen LogP contribution in [0.1, 0.15) is 36.1 Å². The molecule has 11 heteroatoms. The molecular weight excluding hydrogens is 837 g/mol. The van der Waals surface area contributed by atoms with Crippen molar-refractivity contribution in [2.45, 2.75) is 25.9 Å². The number of nitrogens with zero attached hydrogens (tertiary/aromatic N) is 2. The summed E-state index contributed by atoms with van der Waals surface area (Å²) < 4.78 is 59.0. The van der Waals surface area contributed by atoms with Crippen molar-refractivity contribution in [2.24, 2.45) is 5.10 Å². The van der Waals surface area contributed by atoms with Crippen LogP contribution in [-0.4, -0.2) is 62.6 Å². The zero-order valence-electron chi connectivity index (χ0n) is 36.4. The zero-order valence-corrected chi connectivity index (χ0v) is 36.4. The third kappa shape index (κ3) is 10.5. The van der Waals surface area contributed by atoms with Gasteiger partial charge in [0.2, 0.25) is 0 Å². The first-order valence-electron chi connectivity index (χ1n) is 21.7. The molecule has 0 radical (unpaired) electrons. The average molecular weight is 882 g/mol. The highest BCUT2D eigenvalue weighted by molar-refractivity contribution is 6.06. The molecule has 0 amide bonds. The minimum atomic E-state index is -0.782. The van der Waals surface area contributed by atoms with Crippen LogP contribution in [0.5, 0.6) is 5.75 Å². The number of pyridine rings is 1. The number of hydrogen-bond donors (Lipinski definition) is 1. The Morgan fingerprint density at radius 3 is 2.35 bits per heavy atom. The van der Waals surface area contributed by atoms with E-state index >= 15 is 8.78 Å². The van der Waals surface area contributed by atoms with Gasteiger partial charge in [-0.1, -0.05) is 90.7 Å². The van der Waals surface area contributed by atoms with Crippen LogP contribution in [0.25, 0.3) is 54.7 Å². The van der Waals surface area contributed by atoms with Crippen molar-refractivity contribution in [3.05, 3.63) is 173 Å². The standard InChI is InChI=1S/C55H45F2N3O6/c1-3-63-54(61)65-25-24-36-8-12-38(13-9-36)41-16-15-40-28-37(10-14-42(40)29-41)11-20-48-50(56)31-44(32-51(48)57)47-21-17-43-30-45(64-27-26-62-34-55(2)35-66-55)19-22-46(43)49(47)33-58-60-53-23-18-39-6-4-5-7-52(39)59-53/h4-10,12-19,21-23,28-33H,3,24-27,34-35H2,1-2H3,(H,59,60)/b58-33+. The molecule has 2 heterocycles.